The van der Waals surface area contributed by atoms with E-state index < -0.39 is 9.75 Å². The van der Waals surface area contributed by atoms with E-state index in [1.54, 1.807) is 6.92 Å². The lowest BCUT2D eigenvalue weighted by atomic mass is 10.1. The van der Waals surface area contributed by atoms with Crippen LogP contribution in [0.4, 0.5) is 5.69 Å². The zero-order valence-corrected chi connectivity index (χ0v) is 12.2. The van der Waals surface area contributed by atoms with Crippen LogP contribution < -0.4 is 5.32 Å². The minimum atomic E-state index is -0.939. The number of H-pyrrole nitrogens is 1. The summed E-state index contributed by atoms with van der Waals surface area (Å²) in [7, 11) is 0. The van der Waals surface area contributed by atoms with E-state index in [0.29, 0.717) is 6.42 Å². The molecular formula is C14H14Cl2N2O. The van der Waals surface area contributed by atoms with Gasteiger partial charge in [0.2, 0.25) is 5.91 Å². The minimum absolute atomic E-state index is 0.135. The third-order valence-corrected chi connectivity index (χ3v) is 4.87. The molecule has 1 aliphatic rings. The third-order valence-electron chi connectivity index (χ3n) is 3.77. The van der Waals surface area contributed by atoms with Gasteiger partial charge in [-0.25, -0.2) is 0 Å². The van der Waals surface area contributed by atoms with Crippen LogP contribution in [-0.4, -0.2) is 15.2 Å². The Morgan fingerprint density at radius 2 is 2.05 bits per heavy atom. The molecule has 1 aromatic heterocycles. The number of aromatic nitrogens is 1. The molecule has 0 bridgehead atoms. The van der Waals surface area contributed by atoms with Crippen LogP contribution in [0, 0.1) is 12.3 Å². The van der Waals surface area contributed by atoms with E-state index in [4.69, 9.17) is 23.2 Å². The zero-order chi connectivity index (χ0) is 13.8. The van der Waals surface area contributed by atoms with Crippen LogP contribution in [0.5, 0.6) is 0 Å². The number of aromatic amines is 1. The molecular weight excluding hydrogens is 283 g/mol. The van der Waals surface area contributed by atoms with Crippen LogP contribution in [0.15, 0.2) is 24.3 Å². The SMILES string of the molecule is Cc1cc2cc(NC(=O)[C@@]3(C)CC3(Cl)Cl)ccc2[nH]1. The van der Waals surface area contributed by atoms with Gasteiger partial charge in [-0.2, -0.15) is 0 Å². The molecule has 1 aromatic carbocycles. The number of hydrogen-bond donors (Lipinski definition) is 2. The van der Waals surface area contributed by atoms with Crippen LogP contribution in [0.1, 0.15) is 19.0 Å². The smallest absolute Gasteiger partial charge is 0.233 e. The number of anilines is 1. The maximum absolute atomic E-state index is 12.2. The molecule has 0 radical (unpaired) electrons. The lowest BCUT2D eigenvalue weighted by Crippen LogP contribution is -2.25. The monoisotopic (exact) mass is 296 g/mol. The van der Waals surface area contributed by atoms with Crippen molar-refractivity contribution in [1.29, 1.82) is 0 Å². The van der Waals surface area contributed by atoms with Gasteiger partial charge in [-0.3, -0.25) is 4.79 Å². The predicted octanol–water partition coefficient (Wildman–Crippen LogP) is 4.00. The lowest BCUT2D eigenvalue weighted by molar-refractivity contribution is -0.120. The number of hydrogen-bond acceptors (Lipinski definition) is 1. The standard InChI is InChI=1S/C14H14Cl2N2O/c1-8-5-9-6-10(3-4-11(9)17-8)18-12(19)13(2)7-14(13,15)16/h3-6,17H,7H2,1-2H3,(H,18,19)/t13-/m1/s1. The Kier molecular flexibility index (Phi) is 2.63. The van der Waals surface area contributed by atoms with Gasteiger partial charge in [0, 0.05) is 22.3 Å². The number of nitrogens with one attached hydrogen (secondary N) is 2. The number of amides is 1. The number of fused-ring (bicyclic) bond motifs is 1. The fraction of sp³-hybridized carbons (Fsp3) is 0.357. The third kappa shape index (κ3) is 2.01. The van der Waals surface area contributed by atoms with Crippen molar-refractivity contribution in [3.8, 4) is 0 Å². The van der Waals surface area contributed by atoms with Crippen LogP contribution in [-0.2, 0) is 4.79 Å². The number of alkyl halides is 2. The first-order valence-electron chi connectivity index (χ1n) is 6.10. The topological polar surface area (TPSA) is 44.9 Å². The summed E-state index contributed by atoms with van der Waals surface area (Å²) >= 11 is 12.0. The van der Waals surface area contributed by atoms with E-state index >= 15 is 0 Å². The Balaban J connectivity index is 1.84. The molecule has 1 fully saturated rings. The van der Waals surface area contributed by atoms with Crippen molar-refractivity contribution in [1.82, 2.24) is 4.98 Å². The molecule has 19 heavy (non-hydrogen) atoms. The molecule has 1 atom stereocenters. The molecule has 0 aliphatic heterocycles. The van der Waals surface area contributed by atoms with Gasteiger partial charge in [0.1, 0.15) is 4.33 Å². The van der Waals surface area contributed by atoms with Gasteiger partial charge in [0.05, 0.1) is 5.41 Å². The molecule has 1 heterocycles. The van der Waals surface area contributed by atoms with Crippen molar-refractivity contribution in [3.05, 3.63) is 30.0 Å². The maximum atomic E-state index is 12.2. The number of halogens is 2. The molecule has 0 saturated heterocycles. The first-order valence-corrected chi connectivity index (χ1v) is 6.86. The second-order valence-electron chi connectivity index (χ2n) is 5.42. The predicted molar refractivity (Wildman–Crippen MR) is 78.8 cm³/mol. The van der Waals surface area contributed by atoms with E-state index in [1.807, 2.05) is 31.2 Å². The highest BCUT2D eigenvalue weighted by atomic mass is 35.5. The van der Waals surface area contributed by atoms with Crippen molar-refractivity contribution in [3.63, 3.8) is 0 Å². The summed E-state index contributed by atoms with van der Waals surface area (Å²) in [5, 5.41) is 3.95. The van der Waals surface area contributed by atoms with E-state index in [0.717, 1.165) is 22.3 Å². The van der Waals surface area contributed by atoms with Gasteiger partial charge in [0.15, 0.2) is 0 Å². The van der Waals surface area contributed by atoms with Crippen LogP contribution in [0.3, 0.4) is 0 Å². The molecule has 0 unspecified atom stereocenters. The molecule has 1 saturated carbocycles. The van der Waals surface area contributed by atoms with Gasteiger partial charge >= 0.3 is 0 Å². The largest absolute Gasteiger partial charge is 0.359 e. The average Bonchev–Trinajstić information content (AvgIpc) is 2.66. The highest BCUT2D eigenvalue weighted by molar-refractivity contribution is 6.53. The summed E-state index contributed by atoms with van der Waals surface area (Å²) in [6.45, 7) is 3.78. The Morgan fingerprint density at radius 1 is 1.37 bits per heavy atom. The number of aryl methyl sites for hydroxylation is 1. The summed E-state index contributed by atoms with van der Waals surface area (Å²) < 4.78 is -0.939. The van der Waals surface area contributed by atoms with Gasteiger partial charge < -0.3 is 10.3 Å². The van der Waals surface area contributed by atoms with Crippen molar-refractivity contribution in [2.75, 3.05) is 5.32 Å². The van der Waals surface area contributed by atoms with E-state index in [2.05, 4.69) is 10.3 Å². The van der Waals surface area contributed by atoms with Gasteiger partial charge in [-0.05, 0) is 44.5 Å². The lowest BCUT2D eigenvalue weighted by Gasteiger charge is -2.12. The highest BCUT2D eigenvalue weighted by Crippen LogP contribution is 2.64. The van der Waals surface area contributed by atoms with Gasteiger partial charge in [-0.1, -0.05) is 0 Å². The quantitative estimate of drug-likeness (QED) is 0.809. The maximum Gasteiger partial charge on any atom is 0.233 e. The number of carbonyl (C=O) groups excluding carboxylic acids is 1. The Bertz CT molecular complexity index is 677. The fourth-order valence-corrected chi connectivity index (χ4v) is 2.98. The Labute approximate surface area is 121 Å². The van der Waals surface area contributed by atoms with Crippen molar-refractivity contribution >= 4 is 45.7 Å². The fourth-order valence-electron chi connectivity index (χ4n) is 2.27. The van der Waals surface area contributed by atoms with Crippen LogP contribution >= 0.6 is 23.2 Å². The average molecular weight is 297 g/mol. The summed E-state index contributed by atoms with van der Waals surface area (Å²) in [5.74, 6) is -0.135. The molecule has 1 amide bonds. The summed E-state index contributed by atoms with van der Waals surface area (Å²) in [6, 6.07) is 7.79. The first-order chi connectivity index (χ1) is 8.82. The molecule has 2 aromatic rings. The summed E-state index contributed by atoms with van der Waals surface area (Å²) in [5.41, 5.74) is 2.21. The zero-order valence-electron chi connectivity index (χ0n) is 10.7. The number of benzene rings is 1. The summed E-state index contributed by atoms with van der Waals surface area (Å²) in [6.07, 6.45) is 0.487. The van der Waals surface area contributed by atoms with E-state index in [-0.39, 0.29) is 5.91 Å². The second kappa shape index (κ2) is 3.90. The molecule has 1 aliphatic carbocycles. The Morgan fingerprint density at radius 3 is 2.68 bits per heavy atom. The van der Waals surface area contributed by atoms with Crippen molar-refractivity contribution < 1.29 is 4.79 Å². The first kappa shape index (κ1) is 12.8. The van der Waals surface area contributed by atoms with E-state index in [1.165, 1.54) is 0 Å². The molecule has 3 nitrogen and oxygen atoms in total. The van der Waals surface area contributed by atoms with Crippen LogP contribution in [0.2, 0.25) is 0 Å². The van der Waals surface area contributed by atoms with E-state index in [9.17, 15) is 4.79 Å². The highest BCUT2D eigenvalue weighted by Gasteiger charge is 2.67. The van der Waals surface area contributed by atoms with Gasteiger partial charge in [-0.15, -0.1) is 23.2 Å². The molecule has 2 N–H and O–H groups in total. The normalized spacial score (nSPS) is 24.4. The molecule has 3 rings (SSSR count). The van der Waals surface area contributed by atoms with Crippen LogP contribution in [0.25, 0.3) is 10.9 Å². The van der Waals surface area contributed by atoms with Crippen molar-refractivity contribution in [2.24, 2.45) is 5.41 Å². The minimum Gasteiger partial charge on any atom is -0.359 e. The molecule has 5 heteroatoms. The molecule has 0 spiro atoms. The Hall–Kier alpha value is -1.19. The van der Waals surface area contributed by atoms with Gasteiger partial charge in [0.25, 0.3) is 0 Å². The van der Waals surface area contributed by atoms with Crippen molar-refractivity contribution in [2.45, 2.75) is 24.6 Å². The molecule has 100 valence electrons. The summed E-state index contributed by atoms with van der Waals surface area (Å²) in [4.78, 5) is 15.4. The number of carbonyl (C=O) groups is 1. The second-order valence-corrected chi connectivity index (χ2v) is 6.91. The number of rotatable bonds is 2.